The Morgan fingerprint density at radius 3 is 2.26 bits per heavy atom. The van der Waals surface area contributed by atoms with Crippen molar-refractivity contribution in [3.63, 3.8) is 0 Å². The quantitative estimate of drug-likeness (QED) is 0.344. The molecule has 2 fully saturated rings. The van der Waals surface area contributed by atoms with Crippen molar-refractivity contribution < 1.29 is 47.4 Å². The third-order valence-electron chi connectivity index (χ3n) is 5.24. The van der Waals surface area contributed by atoms with Gasteiger partial charge in [0.25, 0.3) is 0 Å². The third-order valence-corrected chi connectivity index (χ3v) is 5.24. The van der Waals surface area contributed by atoms with Gasteiger partial charge in [-0.2, -0.15) is 13.2 Å². The summed E-state index contributed by atoms with van der Waals surface area (Å²) in [6.45, 7) is 0.907. The van der Waals surface area contributed by atoms with Gasteiger partial charge in [0.1, 0.15) is 12.1 Å². The number of hydrogen-bond acceptors (Lipinski definition) is 6. The first-order valence-corrected chi connectivity index (χ1v) is 10.6. The van der Waals surface area contributed by atoms with E-state index in [1.54, 1.807) is 0 Å². The van der Waals surface area contributed by atoms with Crippen LogP contribution in [0.3, 0.4) is 0 Å². The van der Waals surface area contributed by atoms with Crippen molar-refractivity contribution in [3.8, 4) is 0 Å². The second-order valence-corrected chi connectivity index (χ2v) is 7.82. The molecule has 1 aromatic carbocycles. The summed E-state index contributed by atoms with van der Waals surface area (Å²) in [7, 11) is 0. The van der Waals surface area contributed by atoms with E-state index in [1.165, 1.54) is 4.90 Å². The van der Waals surface area contributed by atoms with Crippen LogP contribution in [0, 0.1) is 0 Å². The molecule has 11 nitrogen and oxygen atoms in total. The lowest BCUT2D eigenvalue weighted by Gasteiger charge is -2.38. The highest BCUT2D eigenvalue weighted by molar-refractivity contribution is 5.99. The molecule has 0 saturated carbocycles. The van der Waals surface area contributed by atoms with Crippen LogP contribution in [0.4, 0.5) is 13.2 Å². The van der Waals surface area contributed by atoms with Crippen molar-refractivity contribution in [1.29, 1.82) is 0 Å². The third kappa shape index (κ3) is 8.24. The zero-order valence-electron chi connectivity index (χ0n) is 18.4. The number of rotatable bonds is 7. The Balaban J connectivity index is 0.000000540. The molecule has 0 unspecified atom stereocenters. The van der Waals surface area contributed by atoms with Gasteiger partial charge < -0.3 is 31.1 Å². The maximum Gasteiger partial charge on any atom is 0.490 e. The van der Waals surface area contributed by atoms with Gasteiger partial charge in [0.2, 0.25) is 17.7 Å². The van der Waals surface area contributed by atoms with E-state index in [0.717, 1.165) is 24.9 Å². The fourth-order valence-electron chi connectivity index (χ4n) is 3.54. The van der Waals surface area contributed by atoms with Gasteiger partial charge in [-0.05, 0) is 24.9 Å². The Morgan fingerprint density at radius 2 is 1.74 bits per heavy atom. The number of carboxylic acid groups (broad SMARTS) is 2. The first kappa shape index (κ1) is 27.6. The minimum Gasteiger partial charge on any atom is -0.481 e. The Morgan fingerprint density at radius 1 is 1.11 bits per heavy atom. The number of piperazine rings is 1. The van der Waals surface area contributed by atoms with Gasteiger partial charge in [0.15, 0.2) is 0 Å². The molecule has 2 heterocycles. The van der Waals surface area contributed by atoms with Crippen molar-refractivity contribution in [2.45, 2.75) is 50.1 Å². The number of carbonyl (C=O) groups excluding carboxylic acids is 3. The van der Waals surface area contributed by atoms with Gasteiger partial charge in [0.05, 0.1) is 12.5 Å². The van der Waals surface area contributed by atoms with Gasteiger partial charge in [-0.25, -0.2) is 4.79 Å². The average Bonchev–Trinajstić information content (AvgIpc) is 3.32. The largest absolute Gasteiger partial charge is 0.490 e. The number of benzene rings is 1. The van der Waals surface area contributed by atoms with Crippen LogP contribution in [0.25, 0.3) is 0 Å². The number of carboxylic acids is 2. The minimum atomic E-state index is -5.08. The number of amides is 3. The van der Waals surface area contributed by atoms with E-state index in [0.29, 0.717) is 0 Å². The summed E-state index contributed by atoms with van der Waals surface area (Å²) < 4.78 is 31.7. The van der Waals surface area contributed by atoms with Gasteiger partial charge >= 0.3 is 18.1 Å². The highest BCUT2D eigenvalue weighted by Gasteiger charge is 2.41. The molecule has 3 atom stereocenters. The normalized spacial score (nSPS) is 22.0. The molecule has 2 aliphatic heterocycles. The van der Waals surface area contributed by atoms with Crippen LogP contribution >= 0.6 is 0 Å². The maximum atomic E-state index is 12.8. The summed E-state index contributed by atoms with van der Waals surface area (Å²) in [4.78, 5) is 59.0. The minimum absolute atomic E-state index is 0.0266. The number of nitrogens with zero attached hydrogens (tertiary/aromatic N) is 1. The predicted molar refractivity (Wildman–Crippen MR) is 113 cm³/mol. The number of alkyl halides is 3. The first-order valence-electron chi connectivity index (χ1n) is 10.6. The lowest BCUT2D eigenvalue weighted by atomic mass is 10.0. The van der Waals surface area contributed by atoms with Crippen molar-refractivity contribution in [3.05, 3.63) is 35.9 Å². The second-order valence-electron chi connectivity index (χ2n) is 7.82. The monoisotopic (exact) mass is 502 g/mol. The molecule has 192 valence electrons. The number of nitrogens with one attached hydrogen (secondary N) is 3. The summed E-state index contributed by atoms with van der Waals surface area (Å²) in [5.74, 6) is -5.07. The van der Waals surface area contributed by atoms with E-state index in [-0.39, 0.29) is 25.0 Å². The number of halogens is 3. The molecule has 0 spiro atoms. The summed E-state index contributed by atoms with van der Waals surface area (Å²) >= 11 is 0. The Hall–Kier alpha value is -3.68. The molecule has 2 saturated heterocycles. The predicted octanol–water partition coefficient (Wildman–Crippen LogP) is -0.142. The molecule has 0 radical (unpaired) electrons. The van der Waals surface area contributed by atoms with E-state index < -0.39 is 48.4 Å². The van der Waals surface area contributed by atoms with Crippen molar-refractivity contribution in [2.75, 3.05) is 13.1 Å². The van der Waals surface area contributed by atoms with Crippen LogP contribution in [0.5, 0.6) is 0 Å². The molecule has 0 aromatic heterocycles. The van der Waals surface area contributed by atoms with Crippen LogP contribution < -0.4 is 16.0 Å². The Labute approximate surface area is 197 Å². The van der Waals surface area contributed by atoms with Crippen LogP contribution in [0.15, 0.2) is 30.3 Å². The van der Waals surface area contributed by atoms with E-state index in [1.807, 2.05) is 30.3 Å². The Kier molecular flexibility index (Phi) is 9.57. The zero-order chi connectivity index (χ0) is 26.2. The first-order chi connectivity index (χ1) is 16.4. The highest BCUT2D eigenvalue weighted by atomic mass is 19.4. The van der Waals surface area contributed by atoms with E-state index in [4.69, 9.17) is 15.0 Å². The topological polar surface area (TPSA) is 165 Å². The summed E-state index contributed by atoms with van der Waals surface area (Å²) in [5, 5.41) is 24.5. The van der Waals surface area contributed by atoms with E-state index in [9.17, 15) is 32.3 Å². The smallest absolute Gasteiger partial charge is 0.481 e. The number of carbonyl (C=O) groups is 5. The molecule has 1 aromatic rings. The van der Waals surface area contributed by atoms with Gasteiger partial charge in [-0.15, -0.1) is 0 Å². The number of aliphatic carboxylic acids is 2. The standard InChI is InChI=1S/C19H24N4O5.C2HF3O2/c24-16(25)9-14-19(28)23(11-12-5-2-1-3-6-12)15(18(27)22-14)10-21-17(26)13-7-4-8-20-13;3-2(4,5)1(6)7/h1-3,5-6,13-15,20H,4,7-11H2,(H,21,26)(H,22,27)(H,24,25);(H,6,7)/t13-,14-,15-;/m0./s1. The lowest BCUT2D eigenvalue weighted by molar-refractivity contribution is -0.192. The van der Waals surface area contributed by atoms with Gasteiger partial charge in [0, 0.05) is 13.1 Å². The second kappa shape index (κ2) is 12.1. The highest BCUT2D eigenvalue weighted by Crippen LogP contribution is 2.17. The van der Waals surface area contributed by atoms with Crippen LogP contribution in [0.1, 0.15) is 24.8 Å². The average molecular weight is 502 g/mol. The Bertz CT molecular complexity index is 937. The van der Waals surface area contributed by atoms with Crippen molar-refractivity contribution in [2.24, 2.45) is 0 Å². The molecule has 3 rings (SSSR count). The molecule has 35 heavy (non-hydrogen) atoms. The lowest BCUT2D eigenvalue weighted by Crippen LogP contribution is -2.66. The van der Waals surface area contributed by atoms with Crippen LogP contribution in [0.2, 0.25) is 0 Å². The number of hydrogen-bond donors (Lipinski definition) is 5. The molecule has 0 bridgehead atoms. The molecule has 14 heteroatoms. The molecule has 3 amide bonds. The maximum absolute atomic E-state index is 12.8. The van der Waals surface area contributed by atoms with E-state index in [2.05, 4.69) is 16.0 Å². The summed E-state index contributed by atoms with van der Waals surface area (Å²) in [6, 6.07) is 6.83. The van der Waals surface area contributed by atoms with Crippen molar-refractivity contribution in [1.82, 2.24) is 20.9 Å². The molecule has 0 aliphatic carbocycles. The fourth-order valence-corrected chi connectivity index (χ4v) is 3.54. The summed E-state index contributed by atoms with van der Waals surface area (Å²) in [5.41, 5.74) is 0.813. The SMILES string of the molecule is O=C(O)C(F)(F)F.O=C(O)C[C@@H]1NC(=O)[C@H](CNC(=O)[C@@H]2CCCN2)N(Cc2ccccc2)C1=O. The molecule has 5 N–H and O–H groups in total. The fraction of sp³-hybridized carbons (Fsp3) is 0.476. The zero-order valence-corrected chi connectivity index (χ0v) is 18.4. The van der Waals surface area contributed by atoms with Gasteiger partial charge in [-0.1, -0.05) is 30.3 Å². The molecule has 2 aliphatic rings. The van der Waals surface area contributed by atoms with Crippen LogP contribution in [-0.2, 0) is 30.5 Å². The molecular formula is C21H25F3N4O7. The summed E-state index contributed by atoms with van der Waals surface area (Å²) in [6.07, 6.45) is -3.92. The van der Waals surface area contributed by atoms with Gasteiger partial charge in [-0.3, -0.25) is 19.2 Å². The van der Waals surface area contributed by atoms with E-state index >= 15 is 0 Å². The van der Waals surface area contributed by atoms with Crippen LogP contribution in [-0.4, -0.2) is 82.2 Å². The molecular weight excluding hydrogens is 477 g/mol. The van der Waals surface area contributed by atoms with Crippen molar-refractivity contribution >= 4 is 29.7 Å².